The van der Waals surface area contributed by atoms with Gasteiger partial charge in [0.2, 0.25) is 0 Å². The van der Waals surface area contributed by atoms with E-state index in [-0.39, 0.29) is 12.4 Å². The highest BCUT2D eigenvalue weighted by Crippen LogP contribution is 2.44. The minimum atomic E-state index is -0.232. The number of hydrogen-bond donors (Lipinski definition) is 1. The van der Waals surface area contributed by atoms with Crippen LogP contribution in [-0.4, -0.2) is 11.4 Å². The first-order chi connectivity index (χ1) is 7.43. The van der Waals surface area contributed by atoms with Crippen molar-refractivity contribution in [1.82, 2.24) is 0 Å². The number of phenols is 1. The highest BCUT2D eigenvalue weighted by Gasteiger charge is 2.29. The fourth-order valence-corrected chi connectivity index (χ4v) is 2.32. The molecule has 0 spiro atoms. The predicted octanol–water partition coefficient (Wildman–Crippen LogP) is 3.13. The largest absolute Gasteiger partial charge is 0.507 e. The van der Waals surface area contributed by atoms with Gasteiger partial charge in [-0.05, 0) is 45.7 Å². The Morgan fingerprint density at radius 2 is 1.62 bits per heavy atom. The molecular weight excluding hydrogens is 204 g/mol. The molecule has 1 aromatic carbocycles. The van der Waals surface area contributed by atoms with Crippen molar-refractivity contribution in [2.24, 2.45) is 0 Å². The molecule has 3 nitrogen and oxygen atoms in total. The predicted molar refractivity (Wildman–Crippen MR) is 61.9 cm³/mol. The van der Waals surface area contributed by atoms with E-state index in [1.54, 1.807) is 0 Å². The van der Waals surface area contributed by atoms with Crippen LogP contribution in [-0.2, 0) is 4.74 Å². The summed E-state index contributed by atoms with van der Waals surface area (Å²) in [5.74, 6) is 1.23. The van der Waals surface area contributed by atoms with Gasteiger partial charge < -0.3 is 14.6 Å². The van der Waals surface area contributed by atoms with E-state index >= 15 is 0 Å². The SMILES string of the molecule is Cc1c(C)c2c(c(C)c1O)[C@@H](C)O[C@H](C)O2. The quantitative estimate of drug-likeness (QED) is 0.733. The lowest BCUT2D eigenvalue weighted by Gasteiger charge is -2.32. The molecule has 2 rings (SSSR count). The minimum absolute atomic E-state index is 0.0380. The topological polar surface area (TPSA) is 38.7 Å². The summed E-state index contributed by atoms with van der Waals surface area (Å²) < 4.78 is 11.3. The summed E-state index contributed by atoms with van der Waals surface area (Å²) in [6.45, 7) is 9.65. The number of benzene rings is 1. The summed E-state index contributed by atoms with van der Waals surface area (Å²) in [4.78, 5) is 0. The van der Waals surface area contributed by atoms with E-state index in [0.29, 0.717) is 5.75 Å². The van der Waals surface area contributed by atoms with E-state index in [2.05, 4.69) is 0 Å². The van der Waals surface area contributed by atoms with Crippen LogP contribution in [0.5, 0.6) is 11.5 Å². The molecule has 16 heavy (non-hydrogen) atoms. The highest BCUT2D eigenvalue weighted by molar-refractivity contribution is 5.58. The molecule has 0 saturated heterocycles. The second-order valence-electron chi connectivity index (χ2n) is 4.43. The zero-order valence-corrected chi connectivity index (χ0v) is 10.4. The maximum Gasteiger partial charge on any atom is 0.197 e. The lowest BCUT2D eigenvalue weighted by Crippen LogP contribution is -2.26. The number of ether oxygens (including phenoxy) is 2. The minimum Gasteiger partial charge on any atom is -0.507 e. The van der Waals surface area contributed by atoms with Crippen LogP contribution in [0.4, 0.5) is 0 Å². The molecule has 0 aromatic heterocycles. The molecule has 1 aliphatic heterocycles. The van der Waals surface area contributed by atoms with E-state index < -0.39 is 0 Å². The van der Waals surface area contributed by atoms with Gasteiger partial charge in [-0.3, -0.25) is 0 Å². The van der Waals surface area contributed by atoms with Gasteiger partial charge in [0.1, 0.15) is 11.5 Å². The molecule has 88 valence electrons. The van der Waals surface area contributed by atoms with Crippen molar-refractivity contribution in [3.05, 3.63) is 22.3 Å². The first-order valence-corrected chi connectivity index (χ1v) is 5.58. The molecule has 0 amide bonds. The second kappa shape index (κ2) is 3.67. The number of aromatic hydroxyl groups is 1. The number of rotatable bonds is 0. The van der Waals surface area contributed by atoms with E-state index in [0.717, 1.165) is 28.0 Å². The van der Waals surface area contributed by atoms with E-state index in [9.17, 15) is 5.11 Å². The van der Waals surface area contributed by atoms with E-state index in [1.807, 2.05) is 34.6 Å². The van der Waals surface area contributed by atoms with Gasteiger partial charge in [-0.15, -0.1) is 0 Å². The second-order valence-corrected chi connectivity index (χ2v) is 4.43. The molecule has 1 heterocycles. The molecular formula is C13H18O3. The van der Waals surface area contributed by atoms with Crippen molar-refractivity contribution < 1.29 is 14.6 Å². The average molecular weight is 222 g/mol. The van der Waals surface area contributed by atoms with Crippen LogP contribution in [0.3, 0.4) is 0 Å². The fourth-order valence-electron chi connectivity index (χ4n) is 2.32. The maximum atomic E-state index is 10.0. The Balaban J connectivity index is 2.71. The summed E-state index contributed by atoms with van der Waals surface area (Å²) in [6.07, 6.45) is -0.270. The number of fused-ring (bicyclic) bond motifs is 1. The summed E-state index contributed by atoms with van der Waals surface area (Å²) in [7, 11) is 0. The van der Waals surface area contributed by atoms with Crippen molar-refractivity contribution in [3.63, 3.8) is 0 Å². The number of hydrogen-bond acceptors (Lipinski definition) is 3. The standard InChI is InChI=1S/C13H18O3/c1-6-7(2)13-11(8(3)12(6)14)9(4)15-10(5)16-13/h9-10,14H,1-5H3/t9-,10+/m1/s1. The van der Waals surface area contributed by atoms with Gasteiger partial charge in [0.05, 0.1) is 6.10 Å². The van der Waals surface area contributed by atoms with Crippen molar-refractivity contribution in [1.29, 1.82) is 0 Å². The van der Waals surface area contributed by atoms with Crippen molar-refractivity contribution in [2.75, 3.05) is 0 Å². The van der Waals surface area contributed by atoms with E-state index in [1.165, 1.54) is 0 Å². The Morgan fingerprint density at radius 3 is 2.25 bits per heavy atom. The van der Waals surface area contributed by atoms with Crippen LogP contribution in [0.1, 0.15) is 42.2 Å². The van der Waals surface area contributed by atoms with Gasteiger partial charge in [0, 0.05) is 11.1 Å². The van der Waals surface area contributed by atoms with Crippen LogP contribution in [0, 0.1) is 20.8 Å². The summed E-state index contributed by atoms with van der Waals surface area (Å²) in [6, 6.07) is 0. The van der Waals surface area contributed by atoms with Gasteiger partial charge in [-0.1, -0.05) is 0 Å². The lowest BCUT2D eigenvalue weighted by atomic mass is 9.94. The Labute approximate surface area is 96.0 Å². The Hall–Kier alpha value is -1.22. The van der Waals surface area contributed by atoms with Crippen LogP contribution < -0.4 is 4.74 Å². The van der Waals surface area contributed by atoms with Crippen LogP contribution in [0.25, 0.3) is 0 Å². The monoisotopic (exact) mass is 222 g/mol. The van der Waals surface area contributed by atoms with Crippen LogP contribution in [0.15, 0.2) is 0 Å². The smallest absolute Gasteiger partial charge is 0.197 e. The molecule has 0 fully saturated rings. The van der Waals surface area contributed by atoms with Gasteiger partial charge in [-0.2, -0.15) is 0 Å². The third kappa shape index (κ3) is 1.47. The fraction of sp³-hybridized carbons (Fsp3) is 0.538. The Kier molecular flexibility index (Phi) is 2.58. The third-order valence-electron chi connectivity index (χ3n) is 3.35. The molecule has 3 heteroatoms. The molecule has 0 bridgehead atoms. The summed E-state index contributed by atoms with van der Waals surface area (Å²) in [5.41, 5.74) is 3.72. The van der Waals surface area contributed by atoms with Crippen molar-refractivity contribution >= 4 is 0 Å². The van der Waals surface area contributed by atoms with Gasteiger partial charge >= 0.3 is 0 Å². The maximum absolute atomic E-state index is 10.0. The number of phenolic OH excluding ortho intramolecular Hbond substituents is 1. The van der Waals surface area contributed by atoms with Crippen molar-refractivity contribution in [3.8, 4) is 11.5 Å². The first-order valence-electron chi connectivity index (χ1n) is 5.58. The zero-order chi connectivity index (χ0) is 12.0. The van der Waals surface area contributed by atoms with Gasteiger partial charge in [-0.25, -0.2) is 0 Å². The molecule has 0 radical (unpaired) electrons. The zero-order valence-electron chi connectivity index (χ0n) is 10.4. The Bertz CT molecular complexity index is 438. The molecule has 1 N–H and O–H groups in total. The van der Waals surface area contributed by atoms with Gasteiger partial charge in [0.15, 0.2) is 6.29 Å². The molecule has 1 aromatic rings. The average Bonchev–Trinajstić information content (AvgIpc) is 2.22. The first kappa shape index (κ1) is 11.3. The molecule has 1 aliphatic rings. The van der Waals surface area contributed by atoms with Crippen LogP contribution >= 0.6 is 0 Å². The lowest BCUT2D eigenvalue weighted by molar-refractivity contribution is -0.123. The summed E-state index contributed by atoms with van der Waals surface area (Å²) >= 11 is 0. The molecule has 0 unspecified atom stereocenters. The van der Waals surface area contributed by atoms with Crippen LogP contribution in [0.2, 0.25) is 0 Å². The Morgan fingerprint density at radius 1 is 1.00 bits per heavy atom. The summed E-state index contributed by atoms with van der Waals surface area (Å²) in [5, 5.41) is 10.0. The van der Waals surface area contributed by atoms with Crippen molar-refractivity contribution in [2.45, 2.75) is 47.0 Å². The highest BCUT2D eigenvalue weighted by atomic mass is 16.7. The van der Waals surface area contributed by atoms with E-state index in [4.69, 9.17) is 9.47 Å². The molecule has 2 atom stereocenters. The third-order valence-corrected chi connectivity index (χ3v) is 3.35. The molecule has 0 saturated carbocycles. The van der Waals surface area contributed by atoms with Gasteiger partial charge in [0.25, 0.3) is 0 Å². The normalized spacial score (nSPS) is 23.8. The molecule has 0 aliphatic carbocycles.